The molecule has 5 nitrogen and oxygen atoms in total. The Balaban J connectivity index is 0.00000112. The summed E-state index contributed by atoms with van der Waals surface area (Å²) in [4.78, 5) is 27.9. The largest absolute Gasteiger partial charge is 1.00 e. The first-order valence-corrected chi connectivity index (χ1v) is 3.88. The number of carboxylic acid groups (broad SMARTS) is 1. The van der Waals surface area contributed by atoms with Gasteiger partial charge in [-0.1, -0.05) is 0 Å². The van der Waals surface area contributed by atoms with Gasteiger partial charge in [-0.2, -0.15) is 0 Å². The molecule has 0 spiro atoms. The average molecular weight is 212 g/mol. The number of nitrogens with one attached hydrogen (secondary N) is 1. The molecule has 0 aliphatic rings. The second-order valence-electron chi connectivity index (χ2n) is 2.74. The van der Waals surface area contributed by atoms with Gasteiger partial charge >= 0.3 is 29.6 Å². The van der Waals surface area contributed by atoms with E-state index in [-0.39, 0.29) is 35.1 Å². The number of H-pyrrole nitrogens is 1. The molecule has 0 saturated carbocycles. The van der Waals surface area contributed by atoms with Crippen LogP contribution >= 0.6 is 0 Å². The van der Waals surface area contributed by atoms with Crippen LogP contribution in [-0.4, -0.2) is 15.9 Å². The average Bonchev–Trinajstić information content (AvgIpc) is 2.16. The van der Waals surface area contributed by atoms with Crippen LogP contribution in [0.25, 0.3) is 11.0 Å². The summed E-state index contributed by atoms with van der Waals surface area (Å²) in [5.74, 6) is -1.49. The summed E-state index contributed by atoms with van der Waals surface area (Å²) < 4.78 is 0. The van der Waals surface area contributed by atoms with Crippen LogP contribution in [0.15, 0.2) is 29.2 Å². The van der Waals surface area contributed by atoms with Gasteiger partial charge in [0.1, 0.15) is 5.65 Å². The maximum Gasteiger partial charge on any atom is 1.00 e. The Morgan fingerprint density at radius 3 is 2.87 bits per heavy atom. The minimum atomic E-state index is -1.49. The molecule has 2 heterocycles. The Hall–Kier alpha value is -1.17. The third-order valence-corrected chi connectivity index (χ3v) is 1.84. The molecular formula is C9H5N2NaO3. The van der Waals surface area contributed by atoms with Crippen LogP contribution in [0.5, 0.6) is 0 Å². The molecule has 6 heteroatoms. The van der Waals surface area contributed by atoms with Crippen LogP contribution < -0.4 is 40.2 Å². The summed E-state index contributed by atoms with van der Waals surface area (Å²) in [6, 6.07) is 4.56. The van der Waals surface area contributed by atoms with Crippen LogP contribution in [0.4, 0.5) is 0 Å². The van der Waals surface area contributed by atoms with Gasteiger partial charge in [0.05, 0.1) is 11.5 Å². The molecule has 0 bridgehead atoms. The molecule has 0 unspecified atom stereocenters. The normalized spacial score (nSPS) is 9.60. The first kappa shape index (κ1) is 11.9. The fraction of sp³-hybridized carbons (Fsp3) is 0. The zero-order chi connectivity index (χ0) is 10.1. The zero-order valence-corrected chi connectivity index (χ0v) is 9.98. The van der Waals surface area contributed by atoms with Crippen molar-refractivity contribution in [2.24, 2.45) is 0 Å². The maximum atomic E-state index is 11.2. The Morgan fingerprint density at radius 1 is 1.47 bits per heavy atom. The van der Waals surface area contributed by atoms with Crippen molar-refractivity contribution >= 4 is 17.0 Å². The standard InChI is InChI=1S/C9H6N2O3.Na/c12-8-6(9(13)14)4-5-2-1-3-10-7(5)11-8;/h1-4H,(H,13,14)(H,10,11,12);/q;+1/p-1. The molecule has 15 heavy (non-hydrogen) atoms. The number of hydrogen-bond acceptors (Lipinski definition) is 4. The summed E-state index contributed by atoms with van der Waals surface area (Å²) in [6.45, 7) is 0. The topological polar surface area (TPSA) is 85.9 Å². The molecule has 0 atom stereocenters. The van der Waals surface area contributed by atoms with Crippen molar-refractivity contribution in [3.63, 3.8) is 0 Å². The summed E-state index contributed by atoms with van der Waals surface area (Å²) in [5.41, 5.74) is -0.718. The number of aromatic carboxylic acids is 1. The van der Waals surface area contributed by atoms with E-state index in [1.54, 1.807) is 12.1 Å². The quantitative estimate of drug-likeness (QED) is 0.493. The van der Waals surface area contributed by atoms with E-state index in [9.17, 15) is 14.7 Å². The number of fused-ring (bicyclic) bond motifs is 1. The molecule has 1 N–H and O–H groups in total. The van der Waals surface area contributed by atoms with Crippen molar-refractivity contribution in [1.29, 1.82) is 0 Å². The smallest absolute Gasteiger partial charge is 0.545 e. The number of aromatic nitrogens is 2. The van der Waals surface area contributed by atoms with Gasteiger partial charge < -0.3 is 14.9 Å². The molecular weight excluding hydrogens is 207 g/mol. The number of nitrogens with zero attached hydrogens (tertiary/aromatic N) is 1. The molecule has 70 valence electrons. The molecule has 2 aromatic heterocycles. The molecule has 0 saturated heterocycles. The molecule has 0 radical (unpaired) electrons. The number of carboxylic acids is 1. The van der Waals surface area contributed by atoms with Crippen molar-refractivity contribution in [3.05, 3.63) is 40.3 Å². The number of rotatable bonds is 1. The Bertz CT molecular complexity index is 565. The molecule has 2 rings (SSSR count). The van der Waals surface area contributed by atoms with E-state index in [4.69, 9.17) is 0 Å². The summed E-state index contributed by atoms with van der Waals surface area (Å²) in [7, 11) is 0. The van der Waals surface area contributed by atoms with Gasteiger partial charge in [-0.3, -0.25) is 4.79 Å². The third-order valence-electron chi connectivity index (χ3n) is 1.84. The fourth-order valence-corrected chi connectivity index (χ4v) is 1.19. The summed E-state index contributed by atoms with van der Waals surface area (Å²) in [5, 5.41) is 11.1. The molecule has 0 amide bonds. The van der Waals surface area contributed by atoms with E-state index in [0.717, 1.165) is 0 Å². The van der Waals surface area contributed by atoms with Crippen molar-refractivity contribution < 1.29 is 39.5 Å². The maximum absolute atomic E-state index is 11.2. The second kappa shape index (κ2) is 4.57. The fourth-order valence-electron chi connectivity index (χ4n) is 1.19. The molecule has 0 aromatic carbocycles. The predicted octanol–water partition coefficient (Wildman–Crippen LogP) is -3.71. The number of carbonyl (C=O) groups excluding carboxylic acids is 1. The number of aromatic amines is 1. The second-order valence-corrected chi connectivity index (χ2v) is 2.74. The molecule has 0 fully saturated rings. The Kier molecular flexibility index (Phi) is 3.62. The van der Waals surface area contributed by atoms with Gasteiger partial charge in [0, 0.05) is 11.6 Å². The molecule has 2 aromatic rings. The van der Waals surface area contributed by atoms with Gasteiger partial charge in [0.15, 0.2) is 0 Å². The molecule has 0 aliphatic carbocycles. The van der Waals surface area contributed by atoms with Crippen LogP contribution in [0.3, 0.4) is 0 Å². The first-order valence-electron chi connectivity index (χ1n) is 3.88. The SMILES string of the molecule is O=C([O-])c1cc2cccnc2[nH]c1=O.[Na+]. The van der Waals surface area contributed by atoms with Crippen molar-refractivity contribution in [3.8, 4) is 0 Å². The van der Waals surface area contributed by atoms with Crippen LogP contribution in [0.2, 0.25) is 0 Å². The monoisotopic (exact) mass is 212 g/mol. The van der Waals surface area contributed by atoms with Gasteiger partial charge in [-0.25, -0.2) is 4.98 Å². The van der Waals surface area contributed by atoms with E-state index in [0.29, 0.717) is 11.0 Å². The van der Waals surface area contributed by atoms with E-state index in [1.807, 2.05) is 0 Å². The Morgan fingerprint density at radius 2 is 2.20 bits per heavy atom. The summed E-state index contributed by atoms with van der Waals surface area (Å²) >= 11 is 0. The van der Waals surface area contributed by atoms with E-state index in [2.05, 4.69) is 9.97 Å². The van der Waals surface area contributed by atoms with Crippen LogP contribution in [0.1, 0.15) is 10.4 Å². The number of pyridine rings is 2. The molecule has 0 aliphatic heterocycles. The van der Waals surface area contributed by atoms with Crippen molar-refractivity contribution in [1.82, 2.24) is 9.97 Å². The summed E-state index contributed by atoms with van der Waals surface area (Å²) in [6.07, 6.45) is 1.51. The van der Waals surface area contributed by atoms with Crippen LogP contribution in [-0.2, 0) is 0 Å². The van der Waals surface area contributed by atoms with E-state index < -0.39 is 11.5 Å². The Labute approximate surface area is 106 Å². The van der Waals surface area contributed by atoms with Crippen molar-refractivity contribution in [2.45, 2.75) is 0 Å². The van der Waals surface area contributed by atoms with Gasteiger partial charge in [0.2, 0.25) is 0 Å². The van der Waals surface area contributed by atoms with Gasteiger partial charge in [-0.15, -0.1) is 0 Å². The van der Waals surface area contributed by atoms with Gasteiger partial charge in [-0.05, 0) is 18.2 Å². The van der Waals surface area contributed by atoms with E-state index in [1.165, 1.54) is 12.3 Å². The minimum absolute atomic E-state index is 0. The third kappa shape index (κ3) is 2.26. The van der Waals surface area contributed by atoms with Crippen molar-refractivity contribution in [2.75, 3.05) is 0 Å². The van der Waals surface area contributed by atoms with Crippen LogP contribution in [0, 0.1) is 0 Å². The minimum Gasteiger partial charge on any atom is -0.545 e. The first-order chi connectivity index (χ1) is 6.68. The van der Waals surface area contributed by atoms with Gasteiger partial charge in [0.25, 0.3) is 5.56 Å². The predicted molar refractivity (Wildman–Crippen MR) is 46.7 cm³/mol. The number of carbonyl (C=O) groups is 1. The number of hydrogen-bond donors (Lipinski definition) is 1. The zero-order valence-electron chi connectivity index (χ0n) is 7.98. The van der Waals surface area contributed by atoms with E-state index >= 15 is 0 Å².